The van der Waals surface area contributed by atoms with E-state index in [0.29, 0.717) is 17.1 Å². The Morgan fingerprint density at radius 2 is 1.78 bits per heavy atom. The molecule has 3 aromatic rings. The van der Waals surface area contributed by atoms with Crippen molar-refractivity contribution >= 4 is 51.5 Å². The highest BCUT2D eigenvalue weighted by atomic mass is 35.5. The molecule has 2 heterocycles. The van der Waals surface area contributed by atoms with Gasteiger partial charge in [-0.2, -0.15) is 0 Å². The van der Waals surface area contributed by atoms with Crippen LogP contribution in [0.2, 0.25) is 5.02 Å². The van der Waals surface area contributed by atoms with E-state index in [-0.39, 0.29) is 10.5 Å². The quantitative estimate of drug-likeness (QED) is 0.679. The van der Waals surface area contributed by atoms with Crippen LogP contribution in [0.15, 0.2) is 64.3 Å². The first-order chi connectivity index (χ1) is 13.0. The number of imide groups is 1. The van der Waals surface area contributed by atoms with Gasteiger partial charge in [-0.15, -0.1) is 0 Å². The minimum Gasteiger partial charge on any atom is -0.303 e. The molecule has 0 bridgehead atoms. The highest BCUT2D eigenvalue weighted by Crippen LogP contribution is 2.26. The summed E-state index contributed by atoms with van der Waals surface area (Å²) in [7, 11) is 0. The predicted octanol–water partition coefficient (Wildman–Crippen LogP) is 4.03. The Morgan fingerprint density at radius 3 is 2.48 bits per heavy atom. The van der Waals surface area contributed by atoms with Crippen molar-refractivity contribution < 1.29 is 9.59 Å². The minimum absolute atomic E-state index is 0.213. The Labute approximate surface area is 163 Å². The van der Waals surface area contributed by atoms with E-state index in [9.17, 15) is 14.4 Å². The number of hydrogen-bond donors (Lipinski definition) is 1. The number of aromatic nitrogens is 1. The molecule has 1 aromatic heterocycles. The molecule has 2 amide bonds. The lowest BCUT2D eigenvalue weighted by Gasteiger charge is -2.12. The number of fused-ring (bicyclic) bond motifs is 1. The fourth-order valence-electron chi connectivity index (χ4n) is 2.94. The molecule has 1 N–H and O–H groups in total. The summed E-state index contributed by atoms with van der Waals surface area (Å²) in [6.07, 6.45) is 1.47. The summed E-state index contributed by atoms with van der Waals surface area (Å²) in [4.78, 5) is 36.5. The Bertz CT molecular complexity index is 1170. The lowest BCUT2D eigenvalue weighted by atomic mass is 10.1. The molecule has 27 heavy (non-hydrogen) atoms. The van der Waals surface area contributed by atoms with Crippen LogP contribution in [0.1, 0.15) is 11.1 Å². The number of halogens is 1. The zero-order valence-corrected chi connectivity index (χ0v) is 15.5. The van der Waals surface area contributed by atoms with Gasteiger partial charge in [0.05, 0.1) is 17.0 Å². The maximum atomic E-state index is 13.1. The van der Waals surface area contributed by atoms with E-state index < -0.39 is 11.1 Å². The largest absolute Gasteiger partial charge is 0.303 e. The lowest BCUT2D eigenvalue weighted by Crippen LogP contribution is -2.23. The number of para-hydroxylation sites is 1. The van der Waals surface area contributed by atoms with Gasteiger partial charge in [-0.1, -0.05) is 41.9 Å². The standard InChI is InChI=1S/C20H13ClN2O3S/c21-15-7-5-12(6-8-15)11-23-16-4-2-1-3-13(16)9-14(19(23)25)10-17-18(24)22-20(26)27-17/h1-10H,11H2,(H,22,24,26)/b17-10+. The normalized spacial score (nSPS) is 15.5. The van der Waals surface area contributed by atoms with Gasteiger partial charge >= 0.3 is 0 Å². The summed E-state index contributed by atoms with van der Waals surface area (Å²) in [6, 6.07) is 16.6. The summed E-state index contributed by atoms with van der Waals surface area (Å²) in [6.45, 7) is 0.367. The van der Waals surface area contributed by atoms with Crippen LogP contribution < -0.4 is 10.9 Å². The smallest absolute Gasteiger partial charge is 0.290 e. The Morgan fingerprint density at radius 1 is 1.04 bits per heavy atom. The fraction of sp³-hybridized carbons (Fsp3) is 0.0500. The number of benzene rings is 2. The van der Waals surface area contributed by atoms with Gasteiger partial charge < -0.3 is 4.57 Å². The van der Waals surface area contributed by atoms with Crippen molar-refractivity contribution in [3.63, 3.8) is 0 Å². The summed E-state index contributed by atoms with van der Waals surface area (Å²) in [5.74, 6) is -0.484. The third kappa shape index (κ3) is 3.54. The minimum atomic E-state index is -0.484. The summed E-state index contributed by atoms with van der Waals surface area (Å²) in [5, 5.41) is 3.26. The average Bonchev–Trinajstić information content (AvgIpc) is 2.97. The van der Waals surface area contributed by atoms with Gasteiger partial charge in [0.15, 0.2) is 0 Å². The zero-order chi connectivity index (χ0) is 19.0. The summed E-state index contributed by atoms with van der Waals surface area (Å²) < 4.78 is 1.66. The van der Waals surface area contributed by atoms with Crippen molar-refractivity contribution in [3.8, 4) is 0 Å². The number of nitrogens with one attached hydrogen (secondary N) is 1. The van der Waals surface area contributed by atoms with Crippen molar-refractivity contribution in [3.05, 3.63) is 86.0 Å². The number of amides is 2. The summed E-state index contributed by atoms with van der Waals surface area (Å²) >= 11 is 6.74. The Balaban J connectivity index is 1.87. The molecule has 4 rings (SSSR count). The van der Waals surface area contributed by atoms with Crippen LogP contribution in [0.5, 0.6) is 0 Å². The molecule has 1 saturated heterocycles. The number of hydrogen-bond acceptors (Lipinski definition) is 4. The van der Waals surface area contributed by atoms with Crippen LogP contribution in [-0.4, -0.2) is 15.7 Å². The monoisotopic (exact) mass is 396 g/mol. The van der Waals surface area contributed by atoms with Crippen molar-refractivity contribution in [1.82, 2.24) is 9.88 Å². The molecule has 2 aromatic carbocycles. The SMILES string of the molecule is O=C1NC(=O)/C(=C\c2cc3ccccc3n(Cc3ccc(Cl)cc3)c2=O)S1. The number of pyridine rings is 1. The first kappa shape index (κ1) is 17.6. The number of carbonyl (C=O) groups excluding carboxylic acids is 2. The average molecular weight is 397 g/mol. The van der Waals surface area contributed by atoms with Gasteiger partial charge in [0, 0.05) is 10.6 Å². The molecular weight excluding hydrogens is 384 g/mol. The first-order valence-electron chi connectivity index (χ1n) is 8.13. The molecule has 0 radical (unpaired) electrons. The molecule has 0 unspecified atom stereocenters. The van der Waals surface area contributed by atoms with Crippen LogP contribution in [0.4, 0.5) is 4.79 Å². The van der Waals surface area contributed by atoms with E-state index in [1.807, 2.05) is 36.4 Å². The molecular formula is C20H13ClN2O3S. The van der Waals surface area contributed by atoms with E-state index in [4.69, 9.17) is 11.6 Å². The third-order valence-electron chi connectivity index (χ3n) is 4.21. The molecule has 0 aliphatic carbocycles. The molecule has 1 aliphatic rings. The van der Waals surface area contributed by atoms with Gasteiger partial charge in [-0.3, -0.25) is 19.7 Å². The Hall–Kier alpha value is -2.83. The van der Waals surface area contributed by atoms with Crippen LogP contribution in [0.25, 0.3) is 17.0 Å². The maximum absolute atomic E-state index is 13.1. The van der Waals surface area contributed by atoms with Gasteiger partial charge in [-0.25, -0.2) is 0 Å². The molecule has 5 nitrogen and oxygen atoms in total. The maximum Gasteiger partial charge on any atom is 0.290 e. The number of carbonyl (C=O) groups is 2. The van der Waals surface area contributed by atoms with Crippen LogP contribution in [0.3, 0.4) is 0 Å². The molecule has 0 saturated carbocycles. The number of thioether (sulfide) groups is 1. The molecule has 134 valence electrons. The zero-order valence-electron chi connectivity index (χ0n) is 13.9. The molecule has 1 aliphatic heterocycles. The van der Waals surface area contributed by atoms with Crippen molar-refractivity contribution in [1.29, 1.82) is 0 Å². The topological polar surface area (TPSA) is 68.2 Å². The molecule has 0 spiro atoms. The van der Waals surface area contributed by atoms with E-state index in [0.717, 1.165) is 28.2 Å². The van der Waals surface area contributed by atoms with Gasteiger partial charge in [0.25, 0.3) is 16.7 Å². The lowest BCUT2D eigenvalue weighted by molar-refractivity contribution is -0.115. The fourth-order valence-corrected chi connectivity index (χ4v) is 3.74. The second kappa shape index (κ2) is 7.06. The molecule has 7 heteroatoms. The second-order valence-corrected chi connectivity index (χ2v) is 7.48. The first-order valence-corrected chi connectivity index (χ1v) is 9.32. The van der Waals surface area contributed by atoms with Crippen LogP contribution in [-0.2, 0) is 11.3 Å². The number of nitrogens with zero attached hydrogens (tertiary/aromatic N) is 1. The third-order valence-corrected chi connectivity index (χ3v) is 5.28. The van der Waals surface area contributed by atoms with Crippen LogP contribution in [0, 0.1) is 0 Å². The van der Waals surface area contributed by atoms with E-state index >= 15 is 0 Å². The van der Waals surface area contributed by atoms with E-state index in [2.05, 4.69) is 5.32 Å². The van der Waals surface area contributed by atoms with Gasteiger partial charge in [0.2, 0.25) is 0 Å². The van der Waals surface area contributed by atoms with E-state index in [1.165, 1.54) is 6.08 Å². The predicted molar refractivity (Wildman–Crippen MR) is 108 cm³/mol. The molecule has 0 atom stereocenters. The summed E-state index contributed by atoms with van der Waals surface area (Å²) in [5.41, 5.74) is 1.85. The Kier molecular flexibility index (Phi) is 4.59. The second-order valence-electron chi connectivity index (χ2n) is 6.03. The van der Waals surface area contributed by atoms with Gasteiger partial charge in [-0.05, 0) is 53.1 Å². The van der Waals surface area contributed by atoms with Crippen molar-refractivity contribution in [2.45, 2.75) is 6.54 Å². The van der Waals surface area contributed by atoms with Crippen molar-refractivity contribution in [2.75, 3.05) is 0 Å². The van der Waals surface area contributed by atoms with E-state index in [1.54, 1.807) is 22.8 Å². The van der Waals surface area contributed by atoms with Crippen LogP contribution >= 0.6 is 23.4 Å². The van der Waals surface area contributed by atoms with Gasteiger partial charge in [0.1, 0.15) is 0 Å². The molecule has 1 fully saturated rings. The highest BCUT2D eigenvalue weighted by Gasteiger charge is 2.25. The number of rotatable bonds is 3. The van der Waals surface area contributed by atoms with Crippen molar-refractivity contribution in [2.24, 2.45) is 0 Å². The highest BCUT2D eigenvalue weighted by molar-refractivity contribution is 8.18.